The van der Waals surface area contributed by atoms with Crippen molar-refractivity contribution in [3.05, 3.63) is 41.1 Å². The first-order valence-electron chi connectivity index (χ1n) is 6.61. The van der Waals surface area contributed by atoms with Gasteiger partial charge < -0.3 is 10.6 Å². The molecule has 0 unspecified atom stereocenters. The molecule has 0 aromatic heterocycles. The molecule has 23 heavy (non-hydrogen) atoms. The Labute approximate surface area is 129 Å². The van der Waals surface area contributed by atoms with E-state index in [2.05, 4.69) is 10.6 Å². The van der Waals surface area contributed by atoms with Gasteiger partial charge in [0.05, 0.1) is 23.1 Å². The van der Waals surface area contributed by atoms with Crippen LogP contribution in [0.4, 0.5) is 18.9 Å². The number of rotatable bonds is 2. The molecule has 0 saturated carbocycles. The molecule has 1 aromatic rings. The number of allylic oxidation sites excluding steroid dienone is 1. The van der Waals surface area contributed by atoms with Crippen LogP contribution in [-0.4, -0.2) is 11.8 Å². The van der Waals surface area contributed by atoms with Crippen molar-refractivity contribution in [2.24, 2.45) is 5.92 Å². The van der Waals surface area contributed by atoms with Crippen molar-refractivity contribution < 1.29 is 22.8 Å². The van der Waals surface area contributed by atoms with E-state index in [1.165, 1.54) is 13.0 Å². The Hall–Kier alpha value is -2.82. The molecule has 120 valence electrons. The standard InChI is InChI=1S/C15H12F3N3O2/c1-8-12(7-19)11(6-13(22)20-8)14(23)21-10-4-2-3-9(5-10)15(16,17)18/h2-5,11H,6H2,1H3,(H,20,22)(H,21,23)/t11-/m0/s1. The average Bonchev–Trinajstić information content (AvgIpc) is 2.46. The first kappa shape index (κ1) is 16.5. The third kappa shape index (κ3) is 3.69. The van der Waals surface area contributed by atoms with Gasteiger partial charge in [0.1, 0.15) is 0 Å². The summed E-state index contributed by atoms with van der Waals surface area (Å²) in [6.45, 7) is 1.49. The number of hydrogen-bond donors (Lipinski definition) is 2. The predicted molar refractivity (Wildman–Crippen MR) is 74.6 cm³/mol. The number of amides is 2. The van der Waals surface area contributed by atoms with E-state index in [4.69, 9.17) is 5.26 Å². The van der Waals surface area contributed by atoms with E-state index in [0.29, 0.717) is 0 Å². The third-order valence-electron chi connectivity index (χ3n) is 3.36. The minimum Gasteiger partial charge on any atom is -0.329 e. The first-order valence-corrected chi connectivity index (χ1v) is 6.61. The summed E-state index contributed by atoms with van der Waals surface area (Å²) < 4.78 is 38.0. The number of nitrogens with zero attached hydrogens (tertiary/aromatic N) is 1. The lowest BCUT2D eigenvalue weighted by Gasteiger charge is -2.22. The van der Waals surface area contributed by atoms with Gasteiger partial charge in [-0.25, -0.2) is 0 Å². The Morgan fingerprint density at radius 1 is 1.43 bits per heavy atom. The molecule has 1 aliphatic rings. The summed E-state index contributed by atoms with van der Waals surface area (Å²) >= 11 is 0. The number of halogens is 3. The van der Waals surface area contributed by atoms with Gasteiger partial charge in [-0.15, -0.1) is 0 Å². The summed E-state index contributed by atoms with van der Waals surface area (Å²) in [5.74, 6) is -2.15. The second-order valence-corrected chi connectivity index (χ2v) is 5.02. The van der Waals surface area contributed by atoms with E-state index in [0.717, 1.165) is 18.2 Å². The Morgan fingerprint density at radius 2 is 2.13 bits per heavy atom. The van der Waals surface area contributed by atoms with Crippen molar-refractivity contribution in [1.29, 1.82) is 5.26 Å². The first-order chi connectivity index (χ1) is 10.7. The van der Waals surface area contributed by atoms with E-state index >= 15 is 0 Å². The summed E-state index contributed by atoms with van der Waals surface area (Å²) in [5.41, 5.74) is -0.586. The summed E-state index contributed by atoms with van der Waals surface area (Å²) in [5, 5.41) is 13.9. The van der Waals surface area contributed by atoms with Crippen molar-refractivity contribution in [2.45, 2.75) is 19.5 Å². The average molecular weight is 323 g/mol. The zero-order chi connectivity index (χ0) is 17.2. The van der Waals surface area contributed by atoms with Crippen molar-refractivity contribution in [1.82, 2.24) is 5.32 Å². The zero-order valence-corrected chi connectivity index (χ0v) is 12.0. The Morgan fingerprint density at radius 3 is 2.74 bits per heavy atom. The smallest absolute Gasteiger partial charge is 0.329 e. The van der Waals surface area contributed by atoms with Crippen molar-refractivity contribution in [3.63, 3.8) is 0 Å². The summed E-state index contributed by atoms with van der Waals surface area (Å²) in [6, 6.07) is 6.00. The lowest BCUT2D eigenvalue weighted by atomic mass is 9.90. The van der Waals surface area contributed by atoms with Gasteiger partial charge in [-0.3, -0.25) is 9.59 Å². The van der Waals surface area contributed by atoms with Crippen LogP contribution in [0, 0.1) is 17.2 Å². The highest BCUT2D eigenvalue weighted by atomic mass is 19.4. The minimum atomic E-state index is -4.53. The van der Waals surface area contributed by atoms with Crippen molar-refractivity contribution in [3.8, 4) is 6.07 Å². The van der Waals surface area contributed by atoms with E-state index in [1.54, 1.807) is 0 Å². The lowest BCUT2D eigenvalue weighted by Crippen LogP contribution is -2.37. The van der Waals surface area contributed by atoms with E-state index in [9.17, 15) is 22.8 Å². The highest BCUT2D eigenvalue weighted by Gasteiger charge is 2.33. The monoisotopic (exact) mass is 323 g/mol. The van der Waals surface area contributed by atoms with Gasteiger partial charge in [0, 0.05) is 17.8 Å². The Bertz CT molecular complexity index is 732. The van der Waals surface area contributed by atoms with E-state index in [-0.39, 0.29) is 23.4 Å². The quantitative estimate of drug-likeness (QED) is 0.877. The molecule has 0 fully saturated rings. The van der Waals surface area contributed by atoms with E-state index < -0.39 is 29.5 Å². The molecule has 2 rings (SSSR count). The normalized spacial score (nSPS) is 18.2. The largest absolute Gasteiger partial charge is 0.416 e. The van der Waals surface area contributed by atoms with Crippen LogP contribution in [-0.2, 0) is 15.8 Å². The molecule has 1 aliphatic heterocycles. The Kier molecular flexibility index (Phi) is 4.40. The number of anilines is 1. The third-order valence-corrected chi connectivity index (χ3v) is 3.36. The molecule has 8 heteroatoms. The van der Waals surface area contributed by atoms with Gasteiger partial charge in [0.15, 0.2) is 0 Å². The second kappa shape index (κ2) is 6.12. The predicted octanol–water partition coefficient (Wildman–Crippen LogP) is 2.58. The number of hydrogen-bond acceptors (Lipinski definition) is 3. The van der Waals surface area contributed by atoms with Gasteiger partial charge in [-0.05, 0) is 25.1 Å². The van der Waals surface area contributed by atoms with Crippen LogP contribution < -0.4 is 10.6 Å². The molecule has 2 N–H and O–H groups in total. The maximum Gasteiger partial charge on any atom is 0.416 e. The molecule has 1 heterocycles. The van der Waals surface area contributed by atoms with Crippen LogP contribution >= 0.6 is 0 Å². The highest BCUT2D eigenvalue weighted by molar-refractivity contribution is 5.99. The van der Waals surface area contributed by atoms with Crippen LogP contribution in [0.5, 0.6) is 0 Å². The lowest BCUT2D eigenvalue weighted by molar-refractivity contribution is -0.137. The van der Waals surface area contributed by atoms with Gasteiger partial charge in [-0.2, -0.15) is 18.4 Å². The molecule has 0 bridgehead atoms. The maximum absolute atomic E-state index is 12.7. The molecule has 5 nitrogen and oxygen atoms in total. The molecule has 2 amide bonds. The van der Waals surface area contributed by atoms with Crippen LogP contribution in [0.2, 0.25) is 0 Å². The molecular weight excluding hydrogens is 311 g/mol. The molecule has 1 atom stereocenters. The number of nitriles is 1. The SMILES string of the molecule is CC1=C(C#N)[C@@H](C(=O)Nc2cccc(C(F)(F)F)c2)CC(=O)N1. The Balaban J connectivity index is 2.24. The van der Waals surface area contributed by atoms with Crippen LogP contribution in [0.25, 0.3) is 0 Å². The molecular formula is C15H12F3N3O2. The molecule has 0 spiro atoms. The minimum absolute atomic E-state index is 0.0502. The van der Waals surface area contributed by atoms with Gasteiger partial charge >= 0.3 is 6.18 Å². The number of nitrogens with one attached hydrogen (secondary N) is 2. The summed E-state index contributed by atoms with van der Waals surface area (Å²) in [7, 11) is 0. The number of alkyl halides is 3. The number of carbonyl (C=O) groups is 2. The maximum atomic E-state index is 12.7. The summed E-state index contributed by atoms with van der Waals surface area (Å²) in [6.07, 6.45) is -4.76. The van der Waals surface area contributed by atoms with Gasteiger partial charge in [-0.1, -0.05) is 6.07 Å². The van der Waals surface area contributed by atoms with Crippen molar-refractivity contribution >= 4 is 17.5 Å². The van der Waals surface area contributed by atoms with Crippen LogP contribution in [0.1, 0.15) is 18.9 Å². The number of benzene rings is 1. The van der Waals surface area contributed by atoms with E-state index in [1.807, 2.05) is 6.07 Å². The highest BCUT2D eigenvalue weighted by Crippen LogP contribution is 2.31. The van der Waals surface area contributed by atoms with Crippen LogP contribution in [0.15, 0.2) is 35.5 Å². The molecule has 0 aliphatic carbocycles. The molecule has 0 radical (unpaired) electrons. The van der Waals surface area contributed by atoms with Gasteiger partial charge in [0.2, 0.25) is 11.8 Å². The second-order valence-electron chi connectivity index (χ2n) is 5.02. The molecule has 1 aromatic carbocycles. The summed E-state index contributed by atoms with van der Waals surface area (Å²) in [4.78, 5) is 23.7. The number of carbonyl (C=O) groups excluding carboxylic acids is 2. The van der Waals surface area contributed by atoms with Crippen LogP contribution in [0.3, 0.4) is 0 Å². The van der Waals surface area contributed by atoms with Gasteiger partial charge in [0.25, 0.3) is 0 Å². The molecule has 0 saturated heterocycles. The van der Waals surface area contributed by atoms with Crippen molar-refractivity contribution in [2.75, 3.05) is 5.32 Å². The fourth-order valence-corrected chi connectivity index (χ4v) is 2.26. The zero-order valence-electron chi connectivity index (χ0n) is 12.0. The fourth-order valence-electron chi connectivity index (χ4n) is 2.26. The fraction of sp³-hybridized carbons (Fsp3) is 0.267. The topological polar surface area (TPSA) is 82.0 Å².